The van der Waals surface area contributed by atoms with Gasteiger partial charge in [-0.05, 0) is 54.8 Å². The number of rotatable bonds is 8. The van der Waals surface area contributed by atoms with E-state index in [9.17, 15) is 9.18 Å². The Morgan fingerprint density at radius 3 is 2.43 bits per heavy atom. The maximum atomic E-state index is 12.7. The van der Waals surface area contributed by atoms with Gasteiger partial charge in [-0.2, -0.15) is 0 Å². The smallest absolute Gasteiger partial charge is 0.224 e. The molecule has 0 fully saturated rings. The molecule has 0 aliphatic carbocycles. The molecule has 0 spiro atoms. The molecule has 4 nitrogen and oxygen atoms in total. The van der Waals surface area contributed by atoms with Crippen LogP contribution in [0.5, 0.6) is 5.75 Å². The van der Waals surface area contributed by atoms with E-state index in [1.165, 1.54) is 12.1 Å². The quantitative estimate of drug-likeness (QED) is 0.581. The zero-order chi connectivity index (χ0) is 16.5. The van der Waals surface area contributed by atoms with Crippen LogP contribution >= 0.6 is 0 Å². The molecule has 0 aliphatic heterocycles. The molecule has 3 N–H and O–H groups in total. The maximum Gasteiger partial charge on any atom is 0.224 e. The van der Waals surface area contributed by atoms with Gasteiger partial charge in [0.2, 0.25) is 5.91 Å². The molecule has 0 atom stereocenters. The van der Waals surface area contributed by atoms with Gasteiger partial charge in [-0.15, -0.1) is 0 Å². The lowest BCUT2D eigenvalue weighted by Crippen LogP contribution is -2.26. The minimum Gasteiger partial charge on any atom is -0.494 e. The molecule has 0 unspecified atom stereocenters. The van der Waals surface area contributed by atoms with E-state index in [-0.39, 0.29) is 11.7 Å². The van der Waals surface area contributed by atoms with Gasteiger partial charge in [-0.1, -0.05) is 12.1 Å². The first-order valence-electron chi connectivity index (χ1n) is 7.63. The summed E-state index contributed by atoms with van der Waals surface area (Å²) in [6.07, 6.45) is 2.00. The number of carbonyl (C=O) groups is 1. The van der Waals surface area contributed by atoms with Crippen molar-refractivity contribution < 1.29 is 13.9 Å². The van der Waals surface area contributed by atoms with Gasteiger partial charge < -0.3 is 15.8 Å². The molecule has 0 aromatic heterocycles. The zero-order valence-electron chi connectivity index (χ0n) is 12.9. The van der Waals surface area contributed by atoms with Crippen molar-refractivity contribution in [2.24, 2.45) is 0 Å². The summed E-state index contributed by atoms with van der Waals surface area (Å²) in [6.45, 7) is 1.15. The second kappa shape index (κ2) is 8.78. The van der Waals surface area contributed by atoms with Gasteiger partial charge >= 0.3 is 0 Å². The number of hydrogen-bond donors (Lipinski definition) is 2. The zero-order valence-corrected chi connectivity index (χ0v) is 12.9. The van der Waals surface area contributed by atoms with E-state index in [1.807, 2.05) is 12.1 Å². The fourth-order valence-corrected chi connectivity index (χ4v) is 2.06. The molecule has 0 radical (unpaired) electrons. The Bertz CT molecular complexity index is 612. The van der Waals surface area contributed by atoms with E-state index < -0.39 is 0 Å². The predicted octanol–water partition coefficient (Wildman–Crippen LogP) is 2.93. The first-order chi connectivity index (χ1) is 11.1. The van der Waals surface area contributed by atoms with Crippen molar-refractivity contribution in [3.63, 3.8) is 0 Å². The van der Waals surface area contributed by atoms with E-state index in [1.54, 1.807) is 24.3 Å². The Balaban J connectivity index is 1.55. The fourth-order valence-electron chi connectivity index (χ4n) is 2.06. The molecule has 0 bridgehead atoms. The standard InChI is InChI=1S/C18H21FN2O2/c19-15-5-9-17(10-6-15)23-12-2-1-11-21-18(22)13-14-3-7-16(20)8-4-14/h3-10H,1-2,11-13,20H2,(H,21,22). The van der Waals surface area contributed by atoms with Gasteiger partial charge in [0.1, 0.15) is 11.6 Å². The van der Waals surface area contributed by atoms with Crippen LogP contribution in [0.3, 0.4) is 0 Å². The SMILES string of the molecule is Nc1ccc(CC(=O)NCCCCOc2ccc(F)cc2)cc1. The first-order valence-corrected chi connectivity index (χ1v) is 7.63. The number of amides is 1. The molecule has 23 heavy (non-hydrogen) atoms. The number of carbonyl (C=O) groups excluding carboxylic acids is 1. The van der Waals surface area contributed by atoms with Crippen LogP contribution in [0.2, 0.25) is 0 Å². The molecule has 0 saturated carbocycles. The number of ether oxygens (including phenoxy) is 1. The number of benzene rings is 2. The summed E-state index contributed by atoms with van der Waals surface area (Å²) in [5.41, 5.74) is 7.23. The number of hydrogen-bond acceptors (Lipinski definition) is 3. The number of halogens is 1. The second-order valence-corrected chi connectivity index (χ2v) is 5.28. The molecule has 0 heterocycles. The molecule has 122 valence electrons. The number of anilines is 1. The average Bonchev–Trinajstić information content (AvgIpc) is 2.54. The van der Waals surface area contributed by atoms with Gasteiger partial charge in [0, 0.05) is 12.2 Å². The summed E-state index contributed by atoms with van der Waals surface area (Å²) in [7, 11) is 0. The van der Waals surface area contributed by atoms with Gasteiger partial charge in [0.25, 0.3) is 0 Å². The molecule has 2 aromatic rings. The maximum absolute atomic E-state index is 12.7. The highest BCUT2D eigenvalue weighted by atomic mass is 19.1. The lowest BCUT2D eigenvalue weighted by molar-refractivity contribution is -0.120. The minimum absolute atomic E-state index is 0.00535. The molecule has 1 amide bonds. The highest BCUT2D eigenvalue weighted by Gasteiger charge is 2.02. The normalized spacial score (nSPS) is 10.3. The second-order valence-electron chi connectivity index (χ2n) is 5.28. The predicted molar refractivity (Wildman–Crippen MR) is 88.7 cm³/mol. The van der Waals surface area contributed by atoms with Crippen molar-refractivity contribution in [3.8, 4) is 5.75 Å². The monoisotopic (exact) mass is 316 g/mol. The van der Waals surface area contributed by atoms with Gasteiger partial charge in [0.15, 0.2) is 0 Å². The van der Waals surface area contributed by atoms with Crippen molar-refractivity contribution in [1.29, 1.82) is 0 Å². The molecule has 0 aliphatic rings. The molecular formula is C18H21FN2O2. The Hall–Kier alpha value is -2.56. The first kappa shape index (κ1) is 16.8. The van der Waals surface area contributed by atoms with E-state index >= 15 is 0 Å². The Morgan fingerprint density at radius 2 is 1.74 bits per heavy atom. The van der Waals surface area contributed by atoms with Gasteiger partial charge in [0.05, 0.1) is 13.0 Å². The fraction of sp³-hybridized carbons (Fsp3) is 0.278. The number of unbranched alkanes of at least 4 members (excludes halogenated alkanes) is 1. The van der Waals surface area contributed by atoms with Crippen LogP contribution in [0.15, 0.2) is 48.5 Å². The Morgan fingerprint density at radius 1 is 1.04 bits per heavy atom. The molecule has 5 heteroatoms. The third kappa shape index (κ3) is 6.38. The topological polar surface area (TPSA) is 64.4 Å². The van der Waals surface area contributed by atoms with Crippen molar-refractivity contribution in [1.82, 2.24) is 5.32 Å². The van der Waals surface area contributed by atoms with E-state index in [0.29, 0.717) is 31.0 Å². The lowest BCUT2D eigenvalue weighted by atomic mass is 10.1. The lowest BCUT2D eigenvalue weighted by Gasteiger charge is -2.07. The summed E-state index contributed by atoms with van der Waals surface area (Å²) in [5, 5.41) is 2.88. The van der Waals surface area contributed by atoms with E-state index in [4.69, 9.17) is 10.5 Å². The van der Waals surface area contributed by atoms with Crippen LogP contribution in [-0.4, -0.2) is 19.1 Å². The summed E-state index contributed by atoms with van der Waals surface area (Å²) in [5.74, 6) is 0.370. The highest BCUT2D eigenvalue weighted by molar-refractivity contribution is 5.78. The van der Waals surface area contributed by atoms with Crippen LogP contribution in [0.25, 0.3) is 0 Å². The minimum atomic E-state index is -0.277. The van der Waals surface area contributed by atoms with E-state index in [2.05, 4.69) is 5.32 Å². The number of nitrogen functional groups attached to an aromatic ring is 1. The van der Waals surface area contributed by atoms with Crippen molar-refractivity contribution in [2.75, 3.05) is 18.9 Å². The number of nitrogens with two attached hydrogens (primary N) is 1. The Kier molecular flexibility index (Phi) is 6.41. The largest absolute Gasteiger partial charge is 0.494 e. The summed E-state index contributed by atoms with van der Waals surface area (Å²) < 4.78 is 18.2. The molecular weight excluding hydrogens is 295 g/mol. The van der Waals surface area contributed by atoms with Crippen LogP contribution < -0.4 is 15.8 Å². The van der Waals surface area contributed by atoms with Crippen molar-refractivity contribution in [3.05, 3.63) is 59.9 Å². The highest BCUT2D eigenvalue weighted by Crippen LogP contribution is 2.11. The van der Waals surface area contributed by atoms with Gasteiger partial charge in [-0.3, -0.25) is 4.79 Å². The van der Waals surface area contributed by atoms with Crippen molar-refractivity contribution >= 4 is 11.6 Å². The van der Waals surface area contributed by atoms with Gasteiger partial charge in [-0.25, -0.2) is 4.39 Å². The van der Waals surface area contributed by atoms with E-state index in [0.717, 1.165) is 18.4 Å². The number of nitrogens with one attached hydrogen (secondary N) is 1. The van der Waals surface area contributed by atoms with Crippen LogP contribution in [0.4, 0.5) is 10.1 Å². The van der Waals surface area contributed by atoms with Crippen LogP contribution in [-0.2, 0) is 11.2 Å². The molecule has 2 aromatic carbocycles. The Labute approximate surface area is 135 Å². The van der Waals surface area contributed by atoms with Crippen molar-refractivity contribution in [2.45, 2.75) is 19.3 Å². The van der Waals surface area contributed by atoms with Crippen LogP contribution in [0, 0.1) is 5.82 Å². The summed E-state index contributed by atoms with van der Waals surface area (Å²) >= 11 is 0. The van der Waals surface area contributed by atoms with Crippen LogP contribution in [0.1, 0.15) is 18.4 Å². The third-order valence-electron chi connectivity index (χ3n) is 3.32. The summed E-state index contributed by atoms with van der Waals surface area (Å²) in [6, 6.07) is 13.2. The average molecular weight is 316 g/mol. The molecule has 0 saturated heterocycles. The molecule has 2 rings (SSSR count). The summed E-state index contributed by atoms with van der Waals surface area (Å²) in [4.78, 5) is 11.8. The third-order valence-corrected chi connectivity index (χ3v) is 3.32.